The Balaban J connectivity index is 0.000000509. The average molecular weight is 444 g/mol. The first-order valence-electron chi connectivity index (χ1n) is 12.5. The number of hydrogen-bond acceptors (Lipinski definition) is 3. The van der Waals surface area contributed by atoms with Crippen LogP contribution >= 0.6 is 0 Å². The Hall–Kier alpha value is -2.08. The minimum Gasteiger partial charge on any atom is -0.465 e. The summed E-state index contributed by atoms with van der Waals surface area (Å²) in [5, 5.41) is 11.8. The second-order valence-corrected chi connectivity index (χ2v) is 9.80. The zero-order valence-corrected chi connectivity index (χ0v) is 19.8. The number of rotatable bonds is 7. The molecule has 6 nitrogen and oxygen atoms in total. The first-order valence-corrected chi connectivity index (χ1v) is 12.5. The van der Waals surface area contributed by atoms with Gasteiger partial charge in [-0.1, -0.05) is 76.3 Å². The van der Waals surface area contributed by atoms with E-state index in [0.29, 0.717) is 17.7 Å². The first-order chi connectivity index (χ1) is 15.5. The minimum absolute atomic E-state index is 0.119. The molecule has 3 fully saturated rings. The number of nitrogens with one attached hydrogen (secondary N) is 1. The number of carbonyl (C=O) groups is 2. The Morgan fingerprint density at radius 3 is 2.06 bits per heavy atom. The monoisotopic (exact) mass is 443 g/mol. The number of hydrogen-bond donors (Lipinski definition) is 2. The molecule has 1 saturated carbocycles. The van der Waals surface area contributed by atoms with Crippen LogP contribution in [-0.4, -0.2) is 59.6 Å². The van der Waals surface area contributed by atoms with Crippen LogP contribution in [0.3, 0.4) is 0 Å². The fourth-order valence-corrected chi connectivity index (χ4v) is 5.29. The molecule has 2 amide bonds. The van der Waals surface area contributed by atoms with E-state index in [1.807, 2.05) is 37.3 Å². The molecule has 4 atom stereocenters. The van der Waals surface area contributed by atoms with Gasteiger partial charge < -0.3 is 20.2 Å². The molecular weight excluding hydrogens is 402 g/mol. The second-order valence-electron chi connectivity index (χ2n) is 9.80. The molecule has 1 aromatic carbocycles. The van der Waals surface area contributed by atoms with E-state index in [1.165, 1.54) is 32.1 Å². The Bertz CT molecular complexity index is 701. The third kappa shape index (κ3) is 6.96. The molecule has 2 aliphatic heterocycles. The lowest BCUT2D eigenvalue weighted by molar-refractivity contribution is -0.134. The van der Waals surface area contributed by atoms with Crippen LogP contribution in [0, 0.1) is 17.8 Å². The number of fused-ring (bicyclic) bond motifs is 1. The third-order valence-corrected chi connectivity index (χ3v) is 7.39. The van der Waals surface area contributed by atoms with Crippen molar-refractivity contribution in [2.24, 2.45) is 17.8 Å². The molecule has 2 heterocycles. The minimum atomic E-state index is -0.985. The van der Waals surface area contributed by atoms with Gasteiger partial charge in [0.25, 0.3) is 0 Å². The second kappa shape index (κ2) is 12.2. The lowest BCUT2D eigenvalue weighted by atomic mass is 10.0. The van der Waals surface area contributed by atoms with Crippen LogP contribution < -0.4 is 5.32 Å². The molecule has 0 radical (unpaired) electrons. The summed E-state index contributed by atoms with van der Waals surface area (Å²) < 4.78 is 0. The summed E-state index contributed by atoms with van der Waals surface area (Å²) in [5.41, 5.74) is 1.00. The van der Waals surface area contributed by atoms with E-state index in [2.05, 4.69) is 22.0 Å². The van der Waals surface area contributed by atoms with Crippen LogP contribution in [-0.2, 0) is 4.79 Å². The molecule has 0 bridgehead atoms. The maximum atomic E-state index is 12.4. The van der Waals surface area contributed by atoms with Gasteiger partial charge in [-0.15, -0.1) is 0 Å². The van der Waals surface area contributed by atoms with Crippen LogP contribution in [0.25, 0.3) is 0 Å². The highest BCUT2D eigenvalue weighted by Crippen LogP contribution is 2.32. The molecule has 2 saturated heterocycles. The lowest BCUT2D eigenvalue weighted by Gasteiger charge is -2.25. The summed E-state index contributed by atoms with van der Waals surface area (Å²) in [7, 11) is 0. The summed E-state index contributed by atoms with van der Waals surface area (Å²) in [6, 6.07) is 9.57. The highest BCUT2D eigenvalue weighted by molar-refractivity contribution is 5.78. The van der Waals surface area contributed by atoms with Crippen LogP contribution in [0.1, 0.15) is 70.4 Å². The van der Waals surface area contributed by atoms with Gasteiger partial charge in [0.1, 0.15) is 0 Å². The standard InChI is InChI=1S/C21H31N3O3.C5H10/c1-3-15(2)20(25)24-13-17-11-23(12-18(17)14-24)10-9-19(22-21(26)27)16-7-5-4-6-8-16;1-2-4-5-3-1/h4-8,15,17-19,22H,3,9-14H2,1-2H3,(H,26,27);1-5H2/t15-,17?,18?,19?;/m0./s1. The fourth-order valence-electron chi connectivity index (χ4n) is 5.29. The summed E-state index contributed by atoms with van der Waals surface area (Å²) in [6.45, 7) is 8.70. The van der Waals surface area contributed by atoms with Crippen molar-refractivity contribution in [2.75, 3.05) is 32.7 Å². The molecular formula is C26H41N3O3. The largest absolute Gasteiger partial charge is 0.465 e. The van der Waals surface area contributed by atoms with Gasteiger partial charge in [-0.25, -0.2) is 4.79 Å². The Morgan fingerprint density at radius 2 is 1.56 bits per heavy atom. The highest BCUT2D eigenvalue weighted by Gasteiger charge is 2.41. The van der Waals surface area contributed by atoms with Gasteiger partial charge in [-0.05, 0) is 30.2 Å². The molecule has 4 rings (SSSR count). The molecule has 1 aromatic rings. The van der Waals surface area contributed by atoms with E-state index >= 15 is 0 Å². The summed E-state index contributed by atoms with van der Waals surface area (Å²) in [6.07, 6.45) is 8.17. The lowest BCUT2D eigenvalue weighted by Crippen LogP contribution is -2.37. The van der Waals surface area contributed by atoms with E-state index in [9.17, 15) is 9.59 Å². The maximum absolute atomic E-state index is 12.4. The molecule has 6 heteroatoms. The smallest absolute Gasteiger partial charge is 0.405 e. The normalized spacial score (nSPS) is 24.4. The number of carboxylic acid groups (broad SMARTS) is 1. The van der Waals surface area contributed by atoms with E-state index in [1.54, 1.807) is 0 Å². The van der Waals surface area contributed by atoms with Crippen molar-refractivity contribution in [2.45, 2.75) is 64.8 Å². The van der Waals surface area contributed by atoms with Crippen molar-refractivity contribution in [3.8, 4) is 0 Å². The van der Waals surface area contributed by atoms with E-state index in [-0.39, 0.29) is 12.0 Å². The zero-order chi connectivity index (χ0) is 22.9. The number of carbonyl (C=O) groups excluding carboxylic acids is 1. The number of amides is 2. The molecule has 32 heavy (non-hydrogen) atoms. The van der Waals surface area contributed by atoms with Crippen molar-refractivity contribution in [1.29, 1.82) is 0 Å². The summed E-state index contributed by atoms with van der Waals surface area (Å²) >= 11 is 0. The van der Waals surface area contributed by atoms with Gasteiger partial charge in [0.2, 0.25) is 5.91 Å². The number of benzene rings is 1. The van der Waals surface area contributed by atoms with Crippen molar-refractivity contribution in [3.63, 3.8) is 0 Å². The van der Waals surface area contributed by atoms with Gasteiger partial charge in [0.05, 0.1) is 6.04 Å². The van der Waals surface area contributed by atoms with Crippen molar-refractivity contribution in [1.82, 2.24) is 15.1 Å². The highest BCUT2D eigenvalue weighted by atomic mass is 16.4. The van der Waals surface area contributed by atoms with Crippen LogP contribution in [0.2, 0.25) is 0 Å². The Morgan fingerprint density at radius 1 is 1.00 bits per heavy atom. The molecule has 2 N–H and O–H groups in total. The SMILES string of the molecule is C1CCCC1.CC[C@H](C)C(=O)N1CC2CN(CCC(NC(=O)O)c3ccccc3)CC2C1. The molecule has 0 aromatic heterocycles. The van der Waals surface area contributed by atoms with Crippen LogP contribution in [0.15, 0.2) is 30.3 Å². The maximum Gasteiger partial charge on any atom is 0.405 e. The predicted molar refractivity (Wildman–Crippen MR) is 128 cm³/mol. The summed E-state index contributed by atoms with van der Waals surface area (Å²) in [4.78, 5) is 28.1. The predicted octanol–water partition coefficient (Wildman–Crippen LogP) is 4.77. The number of nitrogens with zero attached hydrogens (tertiary/aromatic N) is 2. The zero-order valence-electron chi connectivity index (χ0n) is 19.8. The van der Waals surface area contributed by atoms with E-state index in [0.717, 1.165) is 51.1 Å². The Labute approximate surface area is 193 Å². The average Bonchev–Trinajstić information content (AvgIpc) is 3.55. The summed E-state index contributed by atoms with van der Waals surface area (Å²) in [5.74, 6) is 1.53. The molecule has 3 unspecified atom stereocenters. The van der Waals surface area contributed by atoms with Crippen molar-refractivity contribution in [3.05, 3.63) is 35.9 Å². The Kier molecular flexibility index (Phi) is 9.39. The first kappa shape index (κ1) is 24.6. The van der Waals surface area contributed by atoms with E-state index < -0.39 is 6.09 Å². The van der Waals surface area contributed by atoms with Crippen LogP contribution in [0.4, 0.5) is 4.79 Å². The van der Waals surface area contributed by atoms with Crippen LogP contribution in [0.5, 0.6) is 0 Å². The molecule has 1 aliphatic carbocycles. The van der Waals surface area contributed by atoms with E-state index in [4.69, 9.17) is 5.11 Å². The van der Waals surface area contributed by atoms with Crippen molar-refractivity contribution < 1.29 is 14.7 Å². The molecule has 3 aliphatic rings. The third-order valence-electron chi connectivity index (χ3n) is 7.39. The van der Waals surface area contributed by atoms with Gasteiger partial charge >= 0.3 is 6.09 Å². The van der Waals surface area contributed by atoms with Gasteiger partial charge in [-0.3, -0.25) is 4.79 Å². The van der Waals surface area contributed by atoms with Crippen molar-refractivity contribution >= 4 is 12.0 Å². The fraction of sp³-hybridized carbons (Fsp3) is 0.692. The number of likely N-dealkylation sites (tertiary alicyclic amines) is 2. The van der Waals surface area contributed by atoms with Gasteiger partial charge in [0, 0.05) is 38.6 Å². The topological polar surface area (TPSA) is 72.9 Å². The molecule has 0 spiro atoms. The van der Waals surface area contributed by atoms with Gasteiger partial charge in [0.15, 0.2) is 0 Å². The quantitative estimate of drug-likeness (QED) is 0.637. The molecule has 178 valence electrons. The van der Waals surface area contributed by atoms with Gasteiger partial charge in [-0.2, -0.15) is 0 Å².